The molecular weight excluding hydrogens is 168 g/mol. The van der Waals surface area contributed by atoms with Crippen LogP contribution >= 0.6 is 0 Å². The van der Waals surface area contributed by atoms with Gasteiger partial charge in [0.2, 0.25) is 0 Å². The SMILES string of the molecule is N#CCN(N)C(=O)c1ccncc1. The average molecular weight is 176 g/mol. The summed E-state index contributed by atoms with van der Waals surface area (Å²) in [6.45, 7) is -0.124. The molecule has 13 heavy (non-hydrogen) atoms. The predicted octanol–water partition coefficient (Wildman–Crippen LogP) is -0.0789. The van der Waals surface area contributed by atoms with Crippen LogP contribution in [-0.2, 0) is 0 Å². The van der Waals surface area contributed by atoms with Crippen molar-refractivity contribution in [2.24, 2.45) is 5.84 Å². The second-order valence-corrected chi connectivity index (χ2v) is 2.33. The van der Waals surface area contributed by atoms with E-state index in [1.165, 1.54) is 12.4 Å². The van der Waals surface area contributed by atoms with E-state index >= 15 is 0 Å². The molecule has 0 saturated heterocycles. The minimum atomic E-state index is -0.385. The number of carbonyl (C=O) groups is 1. The summed E-state index contributed by atoms with van der Waals surface area (Å²) in [5.41, 5.74) is 0.424. The molecule has 0 fully saturated rings. The van der Waals surface area contributed by atoms with Gasteiger partial charge in [-0.2, -0.15) is 5.26 Å². The Morgan fingerprint density at radius 3 is 2.77 bits per heavy atom. The van der Waals surface area contributed by atoms with Crippen LogP contribution in [0.25, 0.3) is 0 Å². The maximum absolute atomic E-state index is 11.4. The molecule has 0 atom stereocenters. The fourth-order valence-corrected chi connectivity index (χ4v) is 0.808. The number of nitrogens with two attached hydrogens (primary N) is 1. The van der Waals surface area contributed by atoms with Crippen LogP contribution in [-0.4, -0.2) is 22.4 Å². The molecule has 1 aromatic rings. The summed E-state index contributed by atoms with van der Waals surface area (Å²) in [5.74, 6) is 4.92. The smallest absolute Gasteiger partial charge is 0.268 e. The quantitative estimate of drug-likeness (QED) is 0.295. The normalized spacial score (nSPS) is 8.92. The van der Waals surface area contributed by atoms with E-state index < -0.39 is 0 Å². The van der Waals surface area contributed by atoms with Gasteiger partial charge in [0, 0.05) is 18.0 Å². The molecular formula is C8H8N4O. The number of nitriles is 1. The van der Waals surface area contributed by atoms with E-state index in [1.54, 1.807) is 18.2 Å². The highest BCUT2D eigenvalue weighted by atomic mass is 16.2. The van der Waals surface area contributed by atoms with Crippen molar-refractivity contribution >= 4 is 5.91 Å². The first-order valence-corrected chi connectivity index (χ1v) is 3.59. The first-order chi connectivity index (χ1) is 6.25. The van der Waals surface area contributed by atoms with E-state index in [-0.39, 0.29) is 12.5 Å². The molecule has 66 valence electrons. The van der Waals surface area contributed by atoms with Crippen molar-refractivity contribution in [2.75, 3.05) is 6.54 Å². The van der Waals surface area contributed by atoms with Gasteiger partial charge in [0.1, 0.15) is 6.54 Å². The van der Waals surface area contributed by atoms with Crippen LogP contribution in [0.2, 0.25) is 0 Å². The number of amides is 1. The number of pyridine rings is 1. The molecule has 0 aliphatic rings. The Kier molecular flexibility index (Phi) is 2.95. The van der Waals surface area contributed by atoms with Crippen molar-refractivity contribution in [1.82, 2.24) is 9.99 Å². The minimum Gasteiger partial charge on any atom is -0.268 e. The number of rotatable bonds is 2. The molecule has 5 nitrogen and oxygen atoms in total. The Labute approximate surface area is 75.4 Å². The fraction of sp³-hybridized carbons (Fsp3) is 0.125. The van der Waals surface area contributed by atoms with Crippen LogP contribution < -0.4 is 5.84 Å². The van der Waals surface area contributed by atoms with E-state index in [0.717, 1.165) is 5.01 Å². The Bertz CT molecular complexity index is 330. The van der Waals surface area contributed by atoms with E-state index in [0.29, 0.717) is 5.56 Å². The van der Waals surface area contributed by atoms with Gasteiger partial charge in [0.15, 0.2) is 0 Å². The van der Waals surface area contributed by atoms with Gasteiger partial charge in [-0.15, -0.1) is 0 Å². The number of hydrazine groups is 1. The van der Waals surface area contributed by atoms with E-state index in [1.807, 2.05) is 0 Å². The second-order valence-electron chi connectivity index (χ2n) is 2.33. The highest BCUT2D eigenvalue weighted by molar-refractivity contribution is 5.93. The summed E-state index contributed by atoms with van der Waals surface area (Å²) in [5, 5.41) is 9.15. The zero-order valence-corrected chi connectivity index (χ0v) is 6.84. The molecule has 0 aromatic carbocycles. The van der Waals surface area contributed by atoms with Crippen molar-refractivity contribution < 1.29 is 4.79 Å². The molecule has 0 aliphatic heterocycles. The first-order valence-electron chi connectivity index (χ1n) is 3.59. The number of carbonyl (C=O) groups excluding carboxylic acids is 1. The molecule has 0 spiro atoms. The molecule has 1 aromatic heterocycles. The second kappa shape index (κ2) is 4.18. The van der Waals surface area contributed by atoms with Gasteiger partial charge in [0.25, 0.3) is 5.91 Å². The summed E-state index contributed by atoms with van der Waals surface area (Å²) in [7, 11) is 0. The van der Waals surface area contributed by atoms with Gasteiger partial charge in [-0.3, -0.25) is 14.8 Å². The molecule has 1 rings (SSSR count). The van der Waals surface area contributed by atoms with Gasteiger partial charge in [-0.05, 0) is 12.1 Å². The third kappa shape index (κ3) is 2.25. The number of hydrogen-bond acceptors (Lipinski definition) is 4. The third-order valence-corrected chi connectivity index (χ3v) is 1.43. The Hall–Kier alpha value is -1.93. The van der Waals surface area contributed by atoms with Crippen LogP contribution in [0.4, 0.5) is 0 Å². The van der Waals surface area contributed by atoms with Crippen molar-refractivity contribution in [3.05, 3.63) is 30.1 Å². The van der Waals surface area contributed by atoms with E-state index in [9.17, 15) is 4.79 Å². The van der Waals surface area contributed by atoms with Gasteiger partial charge in [-0.25, -0.2) is 5.84 Å². The Morgan fingerprint density at radius 1 is 1.62 bits per heavy atom. The van der Waals surface area contributed by atoms with E-state index in [2.05, 4.69) is 4.98 Å². The maximum Gasteiger partial charge on any atom is 0.268 e. The molecule has 2 N–H and O–H groups in total. The van der Waals surface area contributed by atoms with Gasteiger partial charge >= 0.3 is 0 Å². The Morgan fingerprint density at radius 2 is 2.23 bits per heavy atom. The topological polar surface area (TPSA) is 83.0 Å². The number of nitrogens with zero attached hydrogens (tertiary/aromatic N) is 3. The third-order valence-electron chi connectivity index (χ3n) is 1.43. The average Bonchev–Trinajstić information content (AvgIpc) is 2.18. The summed E-state index contributed by atoms with van der Waals surface area (Å²) >= 11 is 0. The fourth-order valence-electron chi connectivity index (χ4n) is 0.808. The molecule has 0 unspecified atom stereocenters. The summed E-state index contributed by atoms with van der Waals surface area (Å²) in [4.78, 5) is 15.1. The van der Waals surface area contributed by atoms with E-state index in [4.69, 9.17) is 11.1 Å². The van der Waals surface area contributed by atoms with Gasteiger partial charge < -0.3 is 0 Å². The molecule has 0 bridgehead atoms. The molecule has 0 saturated carbocycles. The lowest BCUT2D eigenvalue weighted by Gasteiger charge is -2.11. The van der Waals surface area contributed by atoms with Crippen molar-refractivity contribution in [3.63, 3.8) is 0 Å². The van der Waals surface area contributed by atoms with Crippen LogP contribution in [0.1, 0.15) is 10.4 Å². The van der Waals surface area contributed by atoms with Crippen LogP contribution in [0.3, 0.4) is 0 Å². The van der Waals surface area contributed by atoms with Crippen molar-refractivity contribution in [2.45, 2.75) is 0 Å². The molecule has 5 heteroatoms. The molecule has 0 aliphatic carbocycles. The first kappa shape index (κ1) is 9.16. The lowest BCUT2D eigenvalue weighted by Crippen LogP contribution is -2.37. The van der Waals surface area contributed by atoms with Gasteiger partial charge in [0.05, 0.1) is 6.07 Å². The van der Waals surface area contributed by atoms with Gasteiger partial charge in [-0.1, -0.05) is 0 Å². The van der Waals surface area contributed by atoms with Crippen molar-refractivity contribution in [3.8, 4) is 6.07 Å². The lowest BCUT2D eigenvalue weighted by molar-refractivity contribution is 0.0776. The molecule has 0 radical (unpaired) electrons. The zero-order chi connectivity index (χ0) is 9.68. The maximum atomic E-state index is 11.4. The summed E-state index contributed by atoms with van der Waals surface area (Å²) in [6.07, 6.45) is 2.99. The monoisotopic (exact) mass is 176 g/mol. The highest BCUT2D eigenvalue weighted by Crippen LogP contribution is 1.98. The lowest BCUT2D eigenvalue weighted by atomic mass is 10.2. The van der Waals surface area contributed by atoms with Crippen LogP contribution in [0.5, 0.6) is 0 Å². The number of hydrogen-bond donors (Lipinski definition) is 1. The van der Waals surface area contributed by atoms with Crippen LogP contribution in [0.15, 0.2) is 24.5 Å². The predicted molar refractivity (Wildman–Crippen MR) is 45.1 cm³/mol. The largest absolute Gasteiger partial charge is 0.268 e. The summed E-state index contributed by atoms with van der Waals surface area (Å²) < 4.78 is 0. The zero-order valence-electron chi connectivity index (χ0n) is 6.84. The van der Waals surface area contributed by atoms with Crippen LogP contribution in [0, 0.1) is 11.3 Å². The molecule has 1 heterocycles. The van der Waals surface area contributed by atoms with Crippen molar-refractivity contribution in [1.29, 1.82) is 5.26 Å². The minimum absolute atomic E-state index is 0.124. The standard InChI is InChI=1S/C8H8N4O/c9-3-6-12(10)8(13)7-1-4-11-5-2-7/h1-2,4-5H,6,10H2. The summed E-state index contributed by atoms with van der Waals surface area (Å²) in [6, 6.07) is 4.87. The number of aromatic nitrogens is 1. The highest BCUT2D eigenvalue weighted by Gasteiger charge is 2.10. The molecule has 1 amide bonds. The Balaban J connectivity index is 2.75.